The summed E-state index contributed by atoms with van der Waals surface area (Å²) < 4.78 is 0. The number of primary amides is 1. The van der Waals surface area contributed by atoms with Crippen molar-refractivity contribution in [3.05, 3.63) is 47.5 Å². The van der Waals surface area contributed by atoms with Crippen LogP contribution in [0.3, 0.4) is 0 Å². The fourth-order valence-corrected chi connectivity index (χ4v) is 1.30. The van der Waals surface area contributed by atoms with Crippen molar-refractivity contribution in [1.82, 2.24) is 0 Å². The number of amides is 1. The van der Waals surface area contributed by atoms with Crippen LogP contribution in [0.15, 0.2) is 42.0 Å². The Labute approximate surface area is 84.4 Å². The van der Waals surface area contributed by atoms with E-state index in [1.165, 1.54) is 11.6 Å². The molecule has 0 spiro atoms. The molecule has 0 aliphatic rings. The van der Waals surface area contributed by atoms with Crippen LogP contribution in [0.2, 0.25) is 0 Å². The van der Waals surface area contributed by atoms with Crippen LogP contribution in [-0.4, -0.2) is 5.91 Å². The maximum Gasteiger partial charge on any atom is 0.241 e. The van der Waals surface area contributed by atoms with Crippen molar-refractivity contribution in [2.24, 2.45) is 5.73 Å². The van der Waals surface area contributed by atoms with Crippen molar-refractivity contribution < 1.29 is 4.79 Å². The third kappa shape index (κ3) is 3.90. The molecule has 0 aromatic heterocycles. The van der Waals surface area contributed by atoms with E-state index in [0.717, 1.165) is 18.4 Å². The molecule has 0 atom stereocenters. The molecule has 14 heavy (non-hydrogen) atoms. The summed E-state index contributed by atoms with van der Waals surface area (Å²) >= 11 is 0. The van der Waals surface area contributed by atoms with Gasteiger partial charge in [0.25, 0.3) is 0 Å². The fraction of sp³-hybridized carbons (Fsp3) is 0.250. The Morgan fingerprint density at radius 1 is 1.36 bits per heavy atom. The minimum absolute atomic E-state index is 0.365. The van der Waals surface area contributed by atoms with E-state index in [1.54, 1.807) is 0 Å². The van der Waals surface area contributed by atoms with E-state index >= 15 is 0 Å². The first kappa shape index (κ1) is 10.5. The highest BCUT2D eigenvalue weighted by Crippen LogP contribution is 2.07. The molecule has 0 bridgehead atoms. The molecule has 1 aromatic carbocycles. The van der Waals surface area contributed by atoms with Gasteiger partial charge in [0.1, 0.15) is 0 Å². The normalized spacial score (nSPS) is 11.4. The van der Waals surface area contributed by atoms with E-state index in [-0.39, 0.29) is 5.91 Å². The summed E-state index contributed by atoms with van der Waals surface area (Å²) in [5.41, 5.74) is 7.36. The summed E-state index contributed by atoms with van der Waals surface area (Å²) in [5.74, 6) is -0.365. The second-order valence-electron chi connectivity index (χ2n) is 3.38. The molecule has 0 radical (unpaired) electrons. The summed E-state index contributed by atoms with van der Waals surface area (Å²) in [4.78, 5) is 10.6. The van der Waals surface area contributed by atoms with Gasteiger partial charge in [-0.15, -0.1) is 0 Å². The largest absolute Gasteiger partial charge is 0.366 e. The molecule has 2 N–H and O–H groups in total. The van der Waals surface area contributed by atoms with Gasteiger partial charge in [-0.2, -0.15) is 0 Å². The molecule has 2 nitrogen and oxygen atoms in total. The summed E-state index contributed by atoms with van der Waals surface area (Å²) in [6.45, 7) is 1.92. The molecule has 0 heterocycles. The molecule has 0 unspecified atom stereocenters. The van der Waals surface area contributed by atoms with Gasteiger partial charge in [0, 0.05) is 6.08 Å². The zero-order chi connectivity index (χ0) is 10.4. The van der Waals surface area contributed by atoms with Gasteiger partial charge in [0.15, 0.2) is 0 Å². The summed E-state index contributed by atoms with van der Waals surface area (Å²) in [5, 5.41) is 0. The van der Waals surface area contributed by atoms with Gasteiger partial charge in [0.2, 0.25) is 5.91 Å². The molecule has 74 valence electrons. The van der Waals surface area contributed by atoms with Crippen molar-refractivity contribution in [3.8, 4) is 0 Å². The third-order valence-electron chi connectivity index (χ3n) is 2.04. The lowest BCUT2D eigenvalue weighted by Crippen LogP contribution is -2.06. The number of hydrogen-bond acceptors (Lipinski definition) is 1. The molecule has 0 aliphatic carbocycles. The van der Waals surface area contributed by atoms with Gasteiger partial charge in [-0.3, -0.25) is 4.79 Å². The monoisotopic (exact) mass is 189 g/mol. The lowest BCUT2D eigenvalue weighted by molar-refractivity contribution is -0.113. The van der Waals surface area contributed by atoms with Crippen LogP contribution in [0.4, 0.5) is 0 Å². The van der Waals surface area contributed by atoms with Gasteiger partial charge in [0.05, 0.1) is 0 Å². The van der Waals surface area contributed by atoms with Crippen molar-refractivity contribution >= 4 is 5.91 Å². The molecule has 0 saturated carbocycles. The van der Waals surface area contributed by atoms with Gasteiger partial charge < -0.3 is 5.73 Å². The number of hydrogen-bond donors (Lipinski definition) is 1. The van der Waals surface area contributed by atoms with Crippen LogP contribution >= 0.6 is 0 Å². The summed E-state index contributed by atoms with van der Waals surface area (Å²) in [6, 6.07) is 10.2. The number of nitrogens with two attached hydrogens (primary N) is 1. The fourth-order valence-electron chi connectivity index (χ4n) is 1.30. The molecule has 1 rings (SSSR count). The van der Waals surface area contributed by atoms with Crippen LogP contribution < -0.4 is 5.73 Å². The van der Waals surface area contributed by atoms with Gasteiger partial charge >= 0.3 is 0 Å². The van der Waals surface area contributed by atoms with Gasteiger partial charge in [-0.05, 0) is 25.3 Å². The molecule has 0 fully saturated rings. The number of aryl methyl sites for hydroxylation is 1. The summed E-state index contributed by atoms with van der Waals surface area (Å²) in [6.07, 6.45) is 3.33. The predicted octanol–water partition coefficient (Wildman–Crippen LogP) is 2.05. The van der Waals surface area contributed by atoms with Crippen LogP contribution in [-0.2, 0) is 11.2 Å². The standard InChI is InChI=1S/C12H15NO/c1-10(9-12(13)14)7-8-11-5-3-2-4-6-11/h2-6,9H,7-8H2,1H3,(H2,13,14)/b10-9+. The Kier molecular flexibility index (Phi) is 3.92. The van der Waals surface area contributed by atoms with Crippen LogP contribution in [0.25, 0.3) is 0 Å². The smallest absolute Gasteiger partial charge is 0.241 e. The Hall–Kier alpha value is -1.57. The van der Waals surface area contributed by atoms with Gasteiger partial charge in [-0.1, -0.05) is 35.9 Å². The average Bonchev–Trinajstić information content (AvgIpc) is 2.15. The minimum Gasteiger partial charge on any atom is -0.366 e. The molecular formula is C12H15NO. The number of rotatable bonds is 4. The van der Waals surface area contributed by atoms with Crippen molar-refractivity contribution in [3.63, 3.8) is 0 Å². The molecule has 2 heteroatoms. The minimum atomic E-state index is -0.365. The highest BCUT2D eigenvalue weighted by atomic mass is 16.1. The maximum atomic E-state index is 10.6. The highest BCUT2D eigenvalue weighted by molar-refractivity contribution is 5.86. The van der Waals surface area contributed by atoms with E-state index in [4.69, 9.17) is 5.73 Å². The van der Waals surface area contributed by atoms with Crippen molar-refractivity contribution in [1.29, 1.82) is 0 Å². The quantitative estimate of drug-likeness (QED) is 0.724. The zero-order valence-corrected chi connectivity index (χ0v) is 8.36. The highest BCUT2D eigenvalue weighted by Gasteiger charge is 1.95. The number of allylic oxidation sites excluding steroid dienone is 1. The van der Waals surface area contributed by atoms with E-state index in [1.807, 2.05) is 25.1 Å². The van der Waals surface area contributed by atoms with Crippen LogP contribution in [0.5, 0.6) is 0 Å². The summed E-state index contributed by atoms with van der Waals surface area (Å²) in [7, 11) is 0. The van der Waals surface area contributed by atoms with E-state index in [9.17, 15) is 4.79 Å². The number of benzene rings is 1. The Bertz CT molecular complexity index is 327. The zero-order valence-electron chi connectivity index (χ0n) is 8.36. The topological polar surface area (TPSA) is 43.1 Å². The SMILES string of the molecule is C/C(=C\C(N)=O)CCc1ccccc1. The second kappa shape index (κ2) is 5.22. The van der Waals surface area contributed by atoms with Crippen LogP contribution in [0, 0.1) is 0 Å². The predicted molar refractivity (Wildman–Crippen MR) is 57.7 cm³/mol. The van der Waals surface area contributed by atoms with E-state index in [0.29, 0.717) is 0 Å². The average molecular weight is 189 g/mol. The Balaban J connectivity index is 2.45. The Morgan fingerprint density at radius 2 is 2.00 bits per heavy atom. The third-order valence-corrected chi connectivity index (χ3v) is 2.04. The van der Waals surface area contributed by atoms with Crippen LogP contribution in [0.1, 0.15) is 18.9 Å². The number of carbonyl (C=O) groups is 1. The molecular weight excluding hydrogens is 174 g/mol. The van der Waals surface area contributed by atoms with Gasteiger partial charge in [-0.25, -0.2) is 0 Å². The lowest BCUT2D eigenvalue weighted by atomic mass is 10.1. The maximum absolute atomic E-state index is 10.6. The lowest BCUT2D eigenvalue weighted by Gasteiger charge is -2.00. The van der Waals surface area contributed by atoms with E-state index in [2.05, 4.69) is 12.1 Å². The first-order valence-electron chi connectivity index (χ1n) is 4.69. The van der Waals surface area contributed by atoms with Crippen molar-refractivity contribution in [2.45, 2.75) is 19.8 Å². The second-order valence-corrected chi connectivity index (χ2v) is 3.38. The molecule has 0 saturated heterocycles. The molecule has 1 amide bonds. The van der Waals surface area contributed by atoms with Crippen molar-refractivity contribution in [2.75, 3.05) is 0 Å². The first-order chi connectivity index (χ1) is 6.68. The molecule has 0 aliphatic heterocycles. The Morgan fingerprint density at radius 3 is 2.57 bits per heavy atom. The first-order valence-corrected chi connectivity index (χ1v) is 4.69. The van der Waals surface area contributed by atoms with E-state index < -0.39 is 0 Å². The number of carbonyl (C=O) groups excluding carboxylic acids is 1. The molecule has 1 aromatic rings.